The molecule has 1 rings (SSSR count). The third kappa shape index (κ3) is 2.92. The minimum atomic E-state index is -1.01. The van der Waals surface area contributed by atoms with Gasteiger partial charge in [-0.1, -0.05) is 13.8 Å². The Hall–Kier alpha value is -1.65. The predicted octanol–water partition coefficient (Wildman–Crippen LogP) is 1.68. The number of carboxylic acids is 1. The quantitative estimate of drug-likeness (QED) is 0.842. The first kappa shape index (κ1) is 12.4. The van der Waals surface area contributed by atoms with Crippen molar-refractivity contribution >= 4 is 5.97 Å². The van der Waals surface area contributed by atoms with Crippen LogP contribution in [0.4, 0.5) is 0 Å². The molecule has 1 aromatic rings. The molecule has 0 amide bonds. The Morgan fingerprint density at radius 1 is 1.38 bits per heavy atom. The molecule has 16 heavy (non-hydrogen) atoms. The number of aryl methyl sites for hydroxylation is 1. The molecule has 5 heteroatoms. The maximum absolute atomic E-state index is 10.4. The summed E-state index contributed by atoms with van der Waals surface area (Å²) in [6.45, 7) is 7.25. The van der Waals surface area contributed by atoms with E-state index >= 15 is 0 Å². The third-order valence-electron chi connectivity index (χ3n) is 2.21. The van der Waals surface area contributed by atoms with Crippen molar-refractivity contribution in [3.63, 3.8) is 0 Å². The molecule has 0 spiro atoms. The molecule has 0 saturated carbocycles. The Morgan fingerprint density at radius 3 is 2.50 bits per heavy atom. The molecule has 0 bridgehead atoms. The molecule has 1 aromatic heterocycles. The molecule has 1 N–H and O–H groups in total. The summed E-state index contributed by atoms with van der Waals surface area (Å²) in [5.41, 5.74) is 1.60. The van der Waals surface area contributed by atoms with Crippen LogP contribution in [0.3, 0.4) is 0 Å². The lowest BCUT2D eigenvalue weighted by Gasteiger charge is -2.11. The second kappa shape index (κ2) is 4.92. The normalized spacial score (nSPS) is 10.6. The number of carbonyl (C=O) groups is 1. The van der Waals surface area contributed by atoms with Gasteiger partial charge in [-0.25, -0.2) is 9.78 Å². The van der Waals surface area contributed by atoms with Gasteiger partial charge in [-0.15, -0.1) is 0 Å². The zero-order valence-corrected chi connectivity index (χ0v) is 9.94. The number of aromatic nitrogens is 2. The minimum Gasteiger partial charge on any atom is -0.479 e. The van der Waals surface area contributed by atoms with Crippen LogP contribution in [0.25, 0.3) is 0 Å². The number of aliphatic carboxylic acids is 1. The molecule has 0 fully saturated rings. The lowest BCUT2D eigenvalue weighted by Crippen LogP contribution is -2.13. The first-order valence-corrected chi connectivity index (χ1v) is 5.11. The molecule has 0 atom stereocenters. The van der Waals surface area contributed by atoms with Crippen molar-refractivity contribution in [1.82, 2.24) is 9.97 Å². The first-order valence-electron chi connectivity index (χ1n) is 5.11. The fourth-order valence-corrected chi connectivity index (χ4v) is 1.15. The molecule has 0 aliphatic rings. The van der Waals surface area contributed by atoms with Crippen LogP contribution in [-0.4, -0.2) is 27.7 Å². The molecule has 0 radical (unpaired) electrons. The van der Waals surface area contributed by atoms with Crippen LogP contribution < -0.4 is 4.74 Å². The average Bonchev–Trinajstić information content (AvgIpc) is 2.19. The van der Waals surface area contributed by atoms with E-state index in [4.69, 9.17) is 9.84 Å². The molecular weight excluding hydrogens is 208 g/mol. The van der Waals surface area contributed by atoms with Crippen molar-refractivity contribution in [2.75, 3.05) is 6.61 Å². The number of carboxylic acid groups (broad SMARTS) is 1. The van der Waals surface area contributed by atoms with Crippen LogP contribution in [0.5, 0.6) is 5.88 Å². The molecule has 0 aliphatic carbocycles. The maximum atomic E-state index is 10.4. The van der Waals surface area contributed by atoms with Gasteiger partial charge in [0.05, 0.1) is 0 Å². The number of ether oxygens (including phenoxy) is 1. The van der Waals surface area contributed by atoms with Gasteiger partial charge in [0, 0.05) is 17.2 Å². The lowest BCUT2D eigenvalue weighted by molar-refractivity contribution is -0.139. The van der Waals surface area contributed by atoms with Crippen molar-refractivity contribution in [2.24, 2.45) is 0 Å². The Balaban J connectivity index is 3.01. The number of hydrogen-bond donors (Lipinski definition) is 1. The van der Waals surface area contributed by atoms with Crippen LogP contribution in [0.2, 0.25) is 0 Å². The fraction of sp³-hybridized carbons (Fsp3) is 0.545. The van der Waals surface area contributed by atoms with E-state index in [1.54, 1.807) is 0 Å². The molecular formula is C11H16N2O3. The summed E-state index contributed by atoms with van der Waals surface area (Å²) in [5.74, 6) is 0.204. The highest BCUT2D eigenvalue weighted by Gasteiger charge is 2.12. The van der Waals surface area contributed by atoms with Gasteiger partial charge in [-0.3, -0.25) is 0 Å². The van der Waals surface area contributed by atoms with Gasteiger partial charge in [-0.2, -0.15) is 4.98 Å². The fourth-order valence-electron chi connectivity index (χ4n) is 1.15. The van der Waals surface area contributed by atoms with Gasteiger partial charge in [0.15, 0.2) is 6.61 Å². The standard InChI is InChI=1S/C11H16N2O3/c1-6(2)10-12-8(4)7(3)11(13-10)16-5-9(14)15/h6H,5H2,1-4H3,(H,14,15). The van der Waals surface area contributed by atoms with E-state index in [0.717, 1.165) is 11.3 Å². The van der Waals surface area contributed by atoms with E-state index in [1.807, 2.05) is 27.7 Å². The van der Waals surface area contributed by atoms with Gasteiger partial charge in [0.25, 0.3) is 0 Å². The van der Waals surface area contributed by atoms with E-state index in [9.17, 15) is 4.79 Å². The zero-order chi connectivity index (χ0) is 12.3. The van der Waals surface area contributed by atoms with Crippen molar-refractivity contribution in [2.45, 2.75) is 33.6 Å². The van der Waals surface area contributed by atoms with Gasteiger partial charge in [0.2, 0.25) is 5.88 Å². The largest absolute Gasteiger partial charge is 0.479 e. The summed E-state index contributed by atoms with van der Waals surface area (Å²) in [5, 5.41) is 8.55. The van der Waals surface area contributed by atoms with Crippen molar-refractivity contribution in [3.8, 4) is 5.88 Å². The van der Waals surface area contributed by atoms with E-state index in [1.165, 1.54) is 0 Å². The number of nitrogens with zero attached hydrogens (tertiary/aromatic N) is 2. The molecule has 0 unspecified atom stereocenters. The van der Waals surface area contributed by atoms with Crippen molar-refractivity contribution in [3.05, 3.63) is 17.1 Å². The maximum Gasteiger partial charge on any atom is 0.341 e. The van der Waals surface area contributed by atoms with Gasteiger partial charge >= 0.3 is 5.97 Å². The van der Waals surface area contributed by atoms with Crippen LogP contribution in [0, 0.1) is 13.8 Å². The topological polar surface area (TPSA) is 72.3 Å². The molecule has 1 heterocycles. The van der Waals surface area contributed by atoms with E-state index in [-0.39, 0.29) is 12.5 Å². The van der Waals surface area contributed by atoms with E-state index in [2.05, 4.69) is 9.97 Å². The summed E-state index contributed by atoms with van der Waals surface area (Å²) in [7, 11) is 0. The first-order chi connectivity index (χ1) is 7.41. The van der Waals surface area contributed by atoms with Crippen molar-refractivity contribution in [1.29, 1.82) is 0 Å². The van der Waals surface area contributed by atoms with Crippen LogP contribution in [-0.2, 0) is 4.79 Å². The summed E-state index contributed by atoms with van der Waals surface area (Å²) in [4.78, 5) is 18.9. The summed E-state index contributed by atoms with van der Waals surface area (Å²) in [6.07, 6.45) is 0. The van der Waals surface area contributed by atoms with Gasteiger partial charge < -0.3 is 9.84 Å². The SMILES string of the molecule is Cc1nc(C(C)C)nc(OCC(=O)O)c1C. The molecule has 0 saturated heterocycles. The Bertz CT molecular complexity index is 402. The van der Waals surface area contributed by atoms with Crippen LogP contribution in [0.15, 0.2) is 0 Å². The lowest BCUT2D eigenvalue weighted by atomic mass is 10.2. The Morgan fingerprint density at radius 2 is 2.00 bits per heavy atom. The summed E-state index contributed by atoms with van der Waals surface area (Å²) >= 11 is 0. The average molecular weight is 224 g/mol. The zero-order valence-electron chi connectivity index (χ0n) is 9.94. The Labute approximate surface area is 94.5 Å². The smallest absolute Gasteiger partial charge is 0.341 e. The molecule has 5 nitrogen and oxygen atoms in total. The highest BCUT2D eigenvalue weighted by atomic mass is 16.5. The van der Waals surface area contributed by atoms with Gasteiger partial charge in [0.1, 0.15) is 5.82 Å². The predicted molar refractivity (Wildman–Crippen MR) is 58.7 cm³/mol. The summed E-state index contributed by atoms with van der Waals surface area (Å²) in [6, 6.07) is 0. The minimum absolute atomic E-state index is 0.187. The molecule has 88 valence electrons. The summed E-state index contributed by atoms with van der Waals surface area (Å²) < 4.78 is 5.12. The number of rotatable bonds is 4. The van der Waals surface area contributed by atoms with Crippen LogP contribution in [0.1, 0.15) is 36.8 Å². The van der Waals surface area contributed by atoms with Crippen molar-refractivity contribution < 1.29 is 14.6 Å². The van der Waals surface area contributed by atoms with E-state index in [0.29, 0.717) is 11.7 Å². The van der Waals surface area contributed by atoms with Crippen LogP contribution >= 0.6 is 0 Å². The molecule has 0 aromatic carbocycles. The number of hydrogen-bond acceptors (Lipinski definition) is 4. The third-order valence-corrected chi connectivity index (χ3v) is 2.21. The van der Waals surface area contributed by atoms with Gasteiger partial charge in [-0.05, 0) is 13.8 Å². The second-order valence-corrected chi connectivity index (χ2v) is 3.93. The Kier molecular flexibility index (Phi) is 3.82. The molecule has 0 aliphatic heterocycles. The van der Waals surface area contributed by atoms with E-state index < -0.39 is 5.97 Å². The monoisotopic (exact) mass is 224 g/mol. The second-order valence-electron chi connectivity index (χ2n) is 3.93. The highest BCUT2D eigenvalue weighted by molar-refractivity contribution is 5.68. The highest BCUT2D eigenvalue weighted by Crippen LogP contribution is 2.20.